The van der Waals surface area contributed by atoms with Gasteiger partial charge in [0, 0.05) is 11.9 Å². The molecule has 0 aliphatic carbocycles. The molecule has 0 spiro atoms. The Morgan fingerprint density at radius 3 is 2.32 bits per heavy atom. The zero-order valence-electron chi connectivity index (χ0n) is 16.1. The summed E-state index contributed by atoms with van der Waals surface area (Å²) in [6.07, 6.45) is 1.73. The Balaban J connectivity index is 0.00000109. The van der Waals surface area contributed by atoms with Crippen molar-refractivity contribution in [1.82, 2.24) is 4.98 Å². The number of aromatic nitrogens is 1. The number of anilines is 2. The maximum Gasteiger partial charge on any atom is 0.348 e. The number of ether oxygens (including phenoxy) is 1. The Bertz CT molecular complexity index is 1060. The van der Waals surface area contributed by atoms with Crippen LogP contribution in [0.3, 0.4) is 0 Å². The maximum absolute atomic E-state index is 11.8. The molecular weight excluding hydrogens is 368 g/mol. The van der Waals surface area contributed by atoms with Gasteiger partial charge in [0.1, 0.15) is 10.7 Å². The maximum atomic E-state index is 11.8. The van der Waals surface area contributed by atoms with Crippen LogP contribution in [0.15, 0.2) is 72.9 Å². The van der Waals surface area contributed by atoms with Crippen LogP contribution < -0.4 is 5.32 Å². The number of methoxy groups -OCH3 is 1. The molecule has 0 bridgehead atoms. The lowest BCUT2D eigenvalue weighted by molar-refractivity contribution is 0.0606. The van der Waals surface area contributed by atoms with Crippen LogP contribution in [0.4, 0.5) is 11.5 Å². The van der Waals surface area contributed by atoms with Crippen molar-refractivity contribution in [2.45, 2.75) is 13.8 Å². The number of carbonyl (C=O) groups is 1. The van der Waals surface area contributed by atoms with Gasteiger partial charge in [-0.1, -0.05) is 56.3 Å². The molecule has 0 aliphatic heterocycles. The normalized spacial score (nSPS) is 10.1. The van der Waals surface area contributed by atoms with Gasteiger partial charge in [0.05, 0.1) is 11.8 Å². The van der Waals surface area contributed by atoms with Crippen LogP contribution in [0.1, 0.15) is 23.5 Å². The predicted molar refractivity (Wildman–Crippen MR) is 117 cm³/mol. The van der Waals surface area contributed by atoms with Crippen molar-refractivity contribution >= 4 is 38.9 Å². The molecule has 0 saturated heterocycles. The van der Waals surface area contributed by atoms with Gasteiger partial charge in [0.15, 0.2) is 0 Å². The lowest BCUT2D eigenvalue weighted by Crippen LogP contribution is -1.96. The van der Waals surface area contributed by atoms with Gasteiger partial charge in [-0.3, -0.25) is 0 Å². The minimum absolute atomic E-state index is 0.329. The molecule has 1 N–H and O–H groups in total. The molecule has 0 saturated carbocycles. The van der Waals surface area contributed by atoms with Crippen LogP contribution in [0, 0.1) is 0 Å². The third-order valence-electron chi connectivity index (χ3n) is 4.07. The molecule has 142 valence electrons. The molecule has 0 atom stereocenters. The number of pyridine rings is 1. The van der Waals surface area contributed by atoms with E-state index < -0.39 is 0 Å². The van der Waals surface area contributed by atoms with Crippen molar-refractivity contribution in [1.29, 1.82) is 0 Å². The molecule has 4 nitrogen and oxygen atoms in total. The van der Waals surface area contributed by atoms with Gasteiger partial charge in [-0.15, -0.1) is 11.3 Å². The van der Waals surface area contributed by atoms with E-state index in [1.807, 2.05) is 56.3 Å². The summed E-state index contributed by atoms with van der Waals surface area (Å²) >= 11 is 1.38. The third kappa shape index (κ3) is 4.21. The number of benzene rings is 2. The van der Waals surface area contributed by atoms with E-state index in [4.69, 9.17) is 4.74 Å². The summed E-state index contributed by atoms with van der Waals surface area (Å²) in [5.41, 5.74) is 3.28. The molecule has 4 aromatic rings. The number of thiophene rings is 1. The first-order valence-corrected chi connectivity index (χ1v) is 9.95. The highest BCUT2D eigenvalue weighted by atomic mass is 32.1. The van der Waals surface area contributed by atoms with Crippen LogP contribution in [-0.4, -0.2) is 18.1 Å². The van der Waals surface area contributed by atoms with Crippen LogP contribution in [-0.2, 0) is 4.74 Å². The molecule has 0 radical (unpaired) electrons. The third-order valence-corrected chi connectivity index (χ3v) is 5.21. The summed E-state index contributed by atoms with van der Waals surface area (Å²) in [6.45, 7) is 4.00. The molecule has 2 aromatic carbocycles. The van der Waals surface area contributed by atoms with E-state index in [2.05, 4.69) is 34.6 Å². The monoisotopic (exact) mass is 390 g/mol. The molecule has 0 fully saturated rings. The largest absolute Gasteiger partial charge is 0.465 e. The fraction of sp³-hybridized carbons (Fsp3) is 0.130. The highest BCUT2D eigenvalue weighted by Crippen LogP contribution is 2.33. The fourth-order valence-corrected chi connectivity index (χ4v) is 3.79. The minimum atomic E-state index is -0.329. The number of rotatable bonds is 4. The molecule has 4 rings (SSSR count). The summed E-state index contributed by atoms with van der Waals surface area (Å²) in [6, 6.07) is 22.2. The Hall–Kier alpha value is -3.18. The quantitative estimate of drug-likeness (QED) is 0.403. The first kappa shape index (κ1) is 19.6. The smallest absolute Gasteiger partial charge is 0.348 e. The van der Waals surface area contributed by atoms with Gasteiger partial charge >= 0.3 is 5.97 Å². The average molecular weight is 391 g/mol. The van der Waals surface area contributed by atoms with Crippen molar-refractivity contribution in [3.05, 3.63) is 77.8 Å². The first-order chi connectivity index (χ1) is 13.7. The van der Waals surface area contributed by atoms with Crippen molar-refractivity contribution in [3.8, 4) is 11.1 Å². The van der Waals surface area contributed by atoms with Crippen LogP contribution in [0.5, 0.6) is 0 Å². The van der Waals surface area contributed by atoms with Gasteiger partial charge in [-0.2, -0.15) is 0 Å². The Morgan fingerprint density at radius 1 is 0.964 bits per heavy atom. The van der Waals surface area contributed by atoms with Crippen molar-refractivity contribution in [2.75, 3.05) is 12.4 Å². The van der Waals surface area contributed by atoms with E-state index in [0.29, 0.717) is 4.88 Å². The molecule has 2 heterocycles. The summed E-state index contributed by atoms with van der Waals surface area (Å²) < 4.78 is 5.74. The molecular formula is C23H22N2O2S. The summed E-state index contributed by atoms with van der Waals surface area (Å²) in [4.78, 5) is 16.8. The van der Waals surface area contributed by atoms with Gasteiger partial charge in [-0.05, 0) is 40.8 Å². The van der Waals surface area contributed by atoms with Gasteiger partial charge < -0.3 is 10.1 Å². The van der Waals surface area contributed by atoms with E-state index in [0.717, 1.165) is 27.2 Å². The standard InChI is InChI=1S/C21H16N2O2S.C2H6/c1-25-21(24)18-13-16-11-12-22-20(19(16)26-18)23-17-9-7-15(8-10-17)14-5-3-2-4-6-14;1-2/h2-13H,1H3,(H,22,23);1-2H3. The SMILES string of the molecule is CC.COC(=O)c1cc2ccnc(Nc3ccc(-c4ccccc4)cc3)c2s1. The van der Waals surface area contributed by atoms with Crippen molar-refractivity contribution in [3.63, 3.8) is 0 Å². The fourth-order valence-electron chi connectivity index (χ4n) is 2.77. The van der Waals surface area contributed by atoms with Crippen LogP contribution in [0.2, 0.25) is 0 Å². The van der Waals surface area contributed by atoms with E-state index in [-0.39, 0.29) is 5.97 Å². The van der Waals surface area contributed by atoms with E-state index in [1.54, 1.807) is 6.20 Å². The number of carbonyl (C=O) groups excluding carboxylic acids is 1. The first-order valence-electron chi connectivity index (χ1n) is 9.14. The summed E-state index contributed by atoms with van der Waals surface area (Å²) in [5, 5.41) is 4.31. The van der Waals surface area contributed by atoms with Crippen LogP contribution >= 0.6 is 11.3 Å². The second-order valence-corrected chi connectivity index (χ2v) is 6.80. The van der Waals surface area contributed by atoms with E-state index in [9.17, 15) is 4.79 Å². The predicted octanol–water partition coefficient (Wildman–Crippen LogP) is 6.52. The van der Waals surface area contributed by atoms with E-state index in [1.165, 1.54) is 24.0 Å². The zero-order valence-corrected chi connectivity index (χ0v) is 16.9. The van der Waals surface area contributed by atoms with E-state index >= 15 is 0 Å². The number of nitrogens with zero attached hydrogens (tertiary/aromatic N) is 1. The second kappa shape index (κ2) is 9.15. The number of hydrogen-bond acceptors (Lipinski definition) is 5. The highest BCUT2D eigenvalue weighted by molar-refractivity contribution is 7.21. The molecule has 0 aliphatic rings. The average Bonchev–Trinajstić information content (AvgIpc) is 3.21. The van der Waals surface area contributed by atoms with Crippen molar-refractivity contribution < 1.29 is 9.53 Å². The number of esters is 1. The van der Waals surface area contributed by atoms with Gasteiger partial charge in [-0.25, -0.2) is 9.78 Å². The Kier molecular flexibility index (Phi) is 6.40. The Morgan fingerprint density at radius 2 is 1.64 bits per heavy atom. The molecule has 0 amide bonds. The van der Waals surface area contributed by atoms with Crippen molar-refractivity contribution in [2.24, 2.45) is 0 Å². The lowest BCUT2D eigenvalue weighted by atomic mass is 10.1. The Labute approximate surface area is 168 Å². The molecule has 5 heteroatoms. The molecule has 28 heavy (non-hydrogen) atoms. The highest BCUT2D eigenvalue weighted by Gasteiger charge is 2.13. The van der Waals surface area contributed by atoms with Gasteiger partial charge in [0.25, 0.3) is 0 Å². The minimum Gasteiger partial charge on any atom is -0.465 e. The number of hydrogen-bond donors (Lipinski definition) is 1. The molecule has 0 unspecified atom stereocenters. The zero-order chi connectivity index (χ0) is 19.9. The van der Waals surface area contributed by atoms with Gasteiger partial charge in [0.2, 0.25) is 0 Å². The van der Waals surface area contributed by atoms with Crippen LogP contribution in [0.25, 0.3) is 21.2 Å². The molecule has 2 aromatic heterocycles. The summed E-state index contributed by atoms with van der Waals surface area (Å²) in [5.74, 6) is 0.402. The topological polar surface area (TPSA) is 51.2 Å². The second-order valence-electron chi connectivity index (χ2n) is 5.75. The number of fused-ring (bicyclic) bond motifs is 1. The lowest BCUT2D eigenvalue weighted by Gasteiger charge is -2.08. The number of nitrogens with one attached hydrogen (secondary N) is 1. The summed E-state index contributed by atoms with van der Waals surface area (Å²) in [7, 11) is 1.39.